The molecule has 1 saturated heterocycles. The molecule has 6 heteroatoms. The van der Waals surface area contributed by atoms with Crippen LogP contribution in [-0.4, -0.2) is 85.5 Å². The van der Waals surface area contributed by atoms with Gasteiger partial charge in [-0.2, -0.15) is 0 Å². The molecule has 0 unspecified atom stereocenters. The highest BCUT2D eigenvalue weighted by Gasteiger charge is 2.23. The van der Waals surface area contributed by atoms with Gasteiger partial charge < -0.3 is 19.4 Å². The first-order chi connectivity index (χ1) is 31.5. The fourth-order valence-electron chi connectivity index (χ4n) is 9.75. The summed E-state index contributed by atoms with van der Waals surface area (Å²) in [5, 5.41) is 0. The van der Waals surface area contributed by atoms with Crippen molar-refractivity contribution in [2.24, 2.45) is 5.92 Å². The van der Waals surface area contributed by atoms with Crippen LogP contribution < -0.4 is 0 Å². The SMILES string of the molecule is CCCCCCCCC/C(=C\CC(=O)N1CCC(CCN(CCCCCCCCC)CCCCCC(=O)OCCC)CC1)CCN(CCCCCCCCC)CCCCCCCCC. The van der Waals surface area contributed by atoms with Gasteiger partial charge in [0.05, 0.1) is 6.61 Å². The number of nitrogens with zero attached hydrogens (tertiary/aromatic N) is 3. The minimum absolute atomic E-state index is 0.0309. The Morgan fingerprint density at radius 1 is 0.453 bits per heavy atom. The predicted molar refractivity (Wildman–Crippen MR) is 280 cm³/mol. The number of carbonyl (C=O) groups excluding carboxylic acids is 2. The zero-order chi connectivity index (χ0) is 46.4. The normalized spacial score (nSPS) is 13.8. The molecular formula is C58H113N3O3. The standard InChI is InChI=1S/C58H113N3O3/c1-6-11-15-19-23-27-32-38-55(42-50-59(46-34-28-24-20-16-12-7-2)47-35-29-25-21-17-13-8-3)40-41-57(62)61-52-44-56(45-53-61)43-51-60(48-36-30-26-22-18-14-9-4)49-37-31-33-39-58(63)64-54-10-5/h40,56H,6-39,41-54H2,1-5H3/b55-40+. The van der Waals surface area contributed by atoms with E-state index in [2.05, 4.69) is 48.5 Å². The molecule has 0 aromatic carbocycles. The third kappa shape index (κ3) is 37.7. The van der Waals surface area contributed by atoms with Crippen molar-refractivity contribution in [2.75, 3.05) is 59.0 Å². The number of ether oxygens (including phenoxy) is 1. The summed E-state index contributed by atoms with van der Waals surface area (Å²) >= 11 is 0. The maximum absolute atomic E-state index is 13.8. The number of hydrogen-bond donors (Lipinski definition) is 0. The Morgan fingerprint density at radius 2 is 0.844 bits per heavy atom. The number of carbonyl (C=O) groups is 2. The fourth-order valence-corrected chi connectivity index (χ4v) is 9.75. The number of amides is 1. The van der Waals surface area contributed by atoms with Crippen LogP contribution in [0.1, 0.15) is 285 Å². The fraction of sp³-hybridized carbons (Fsp3) is 0.931. The first kappa shape index (κ1) is 60.6. The summed E-state index contributed by atoms with van der Waals surface area (Å²) in [7, 11) is 0. The molecule has 0 saturated carbocycles. The van der Waals surface area contributed by atoms with Gasteiger partial charge in [0.2, 0.25) is 5.91 Å². The third-order valence-electron chi connectivity index (χ3n) is 14.3. The number of rotatable bonds is 48. The van der Waals surface area contributed by atoms with Crippen LogP contribution in [0.4, 0.5) is 0 Å². The van der Waals surface area contributed by atoms with E-state index in [1.54, 1.807) is 5.57 Å². The van der Waals surface area contributed by atoms with Crippen molar-refractivity contribution in [1.29, 1.82) is 0 Å². The van der Waals surface area contributed by atoms with E-state index in [0.29, 0.717) is 25.4 Å². The van der Waals surface area contributed by atoms with E-state index in [9.17, 15) is 9.59 Å². The molecule has 1 fully saturated rings. The molecule has 0 radical (unpaired) electrons. The van der Waals surface area contributed by atoms with E-state index in [-0.39, 0.29) is 5.97 Å². The Bertz CT molecular complexity index is 1020. The van der Waals surface area contributed by atoms with Crippen molar-refractivity contribution in [3.05, 3.63) is 11.6 Å². The molecule has 0 aliphatic carbocycles. The Morgan fingerprint density at radius 3 is 1.30 bits per heavy atom. The van der Waals surface area contributed by atoms with Gasteiger partial charge in [0.25, 0.3) is 0 Å². The summed E-state index contributed by atoms with van der Waals surface area (Å²) < 4.78 is 5.29. The highest BCUT2D eigenvalue weighted by atomic mass is 16.5. The van der Waals surface area contributed by atoms with E-state index >= 15 is 0 Å². The molecule has 0 aromatic rings. The topological polar surface area (TPSA) is 53.1 Å². The molecule has 1 aliphatic heterocycles. The lowest BCUT2D eigenvalue weighted by molar-refractivity contribution is -0.143. The van der Waals surface area contributed by atoms with E-state index < -0.39 is 0 Å². The first-order valence-electron chi connectivity index (χ1n) is 29.0. The molecule has 64 heavy (non-hydrogen) atoms. The molecule has 0 bridgehead atoms. The van der Waals surface area contributed by atoms with Crippen molar-refractivity contribution in [1.82, 2.24) is 14.7 Å². The molecule has 1 rings (SSSR count). The maximum Gasteiger partial charge on any atom is 0.305 e. The highest BCUT2D eigenvalue weighted by molar-refractivity contribution is 5.77. The van der Waals surface area contributed by atoms with Gasteiger partial charge in [-0.1, -0.05) is 207 Å². The van der Waals surface area contributed by atoms with Crippen molar-refractivity contribution in [3.63, 3.8) is 0 Å². The van der Waals surface area contributed by atoms with Gasteiger partial charge in [0.15, 0.2) is 0 Å². The summed E-state index contributed by atoms with van der Waals surface area (Å²) in [6.07, 6.45) is 51.6. The van der Waals surface area contributed by atoms with Gasteiger partial charge >= 0.3 is 5.97 Å². The molecule has 1 aliphatic rings. The third-order valence-corrected chi connectivity index (χ3v) is 14.3. The molecule has 1 amide bonds. The summed E-state index contributed by atoms with van der Waals surface area (Å²) in [5.41, 5.74) is 1.55. The minimum Gasteiger partial charge on any atom is -0.466 e. The van der Waals surface area contributed by atoms with E-state index in [1.807, 2.05) is 6.92 Å². The minimum atomic E-state index is -0.0309. The van der Waals surface area contributed by atoms with Gasteiger partial charge in [-0.3, -0.25) is 9.59 Å². The van der Waals surface area contributed by atoms with E-state index in [0.717, 1.165) is 77.0 Å². The molecule has 0 spiro atoms. The van der Waals surface area contributed by atoms with E-state index in [4.69, 9.17) is 4.74 Å². The average Bonchev–Trinajstić information content (AvgIpc) is 3.31. The van der Waals surface area contributed by atoms with Crippen LogP contribution in [0, 0.1) is 5.92 Å². The van der Waals surface area contributed by atoms with Crippen LogP contribution in [0.3, 0.4) is 0 Å². The van der Waals surface area contributed by atoms with Crippen molar-refractivity contribution in [3.8, 4) is 0 Å². The van der Waals surface area contributed by atoms with Gasteiger partial charge in [-0.05, 0) is 116 Å². The lowest BCUT2D eigenvalue weighted by Gasteiger charge is -2.33. The smallest absolute Gasteiger partial charge is 0.305 e. The number of hydrogen-bond acceptors (Lipinski definition) is 5. The molecule has 378 valence electrons. The molecule has 0 atom stereocenters. The van der Waals surface area contributed by atoms with Crippen molar-refractivity contribution < 1.29 is 14.3 Å². The van der Waals surface area contributed by atoms with Crippen LogP contribution in [-0.2, 0) is 14.3 Å². The molecule has 6 nitrogen and oxygen atoms in total. The Balaban J connectivity index is 2.74. The van der Waals surface area contributed by atoms with Crippen LogP contribution in [0.2, 0.25) is 0 Å². The molecule has 0 N–H and O–H groups in total. The van der Waals surface area contributed by atoms with Gasteiger partial charge in [0, 0.05) is 32.5 Å². The number of likely N-dealkylation sites (tertiary alicyclic amines) is 1. The quantitative estimate of drug-likeness (QED) is 0.0346. The van der Waals surface area contributed by atoms with Crippen molar-refractivity contribution >= 4 is 11.9 Å². The van der Waals surface area contributed by atoms with Crippen molar-refractivity contribution in [2.45, 2.75) is 285 Å². The summed E-state index contributed by atoms with van der Waals surface area (Å²) in [4.78, 5) is 33.5. The molecule has 1 heterocycles. The second kappa shape index (κ2) is 46.7. The van der Waals surface area contributed by atoms with Crippen LogP contribution in [0.15, 0.2) is 11.6 Å². The lowest BCUT2D eigenvalue weighted by atomic mass is 9.93. The molecular weight excluding hydrogens is 787 g/mol. The average molecular weight is 901 g/mol. The van der Waals surface area contributed by atoms with E-state index in [1.165, 1.54) is 219 Å². The second-order valence-corrected chi connectivity index (χ2v) is 20.4. The summed E-state index contributed by atoms with van der Waals surface area (Å²) in [6.45, 7) is 20.9. The van der Waals surface area contributed by atoms with Crippen LogP contribution in [0.25, 0.3) is 0 Å². The Kier molecular flexibility index (Phi) is 44.2. The highest BCUT2D eigenvalue weighted by Crippen LogP contribution is 2.24. The van der Waals surface area contributed by atoms with Gasteiger partial charge in [-0.25, -0.2) is 0 Å². The Hall–Kier alpha value is -1.40. The summed E-state index contributed by atoms with van der Waals surface area (Å²) in [6, 6.07) is 0. The molecule has 0 aromatic heterocycles. The van der Waals surface area contributed by atoms with Crippen LogP contribution >= 0.6 is 0 Å². The first-order valence-corrected chi connectivity index (χ1v) is 29.0. The maximum atomic E-state index is 13.8. The monoisotopic (exact) mass is 900 g/mol. The summed E-state index contributed by atoms with van der Waals surface area (Å²) in [5.74, 6) is 1.05. The predicted octanol–water partition coefficient (Wildman–Crippen LogP) is 16.8. The van der Waals surface area contributed by atoms with Crippen LogP contribution in [0.5, 0.6) is 0 Å². The second-order valence-electron chi connectivity index (χ2n) is 20.4. The number of unbranched alkanes of at least 4 members (excludes halogenated alkanes) is 26. The van der Waals surface area contributed by atoms with Gasteiger partial charge in [-0.15, -0.1) is 0 Å². The zero-order valence-electron chi connectivity index (χ0n) is 44.2. The zero-order valence-corrected chi connectivity index (χ0v) is 44.2. The lowest BCUT2D eigenvalue weighted by Crippen LogP contribution is -2.39. The largest absolute Gasteiger partial charge is 0.466 e. The number of esters is 1. The number of piperidine rings is 1. The van der Waals surface area contributed by atoms with Gasteiger partial charge in [0.1, 0.15) is 0 Å². The Labute approximate surface area is 401 Å².